The third-order valence-corrected chi connectivity index (χ3v) is 5.01. The molecule has 1 aliphatic rings. The van der Waals surface area contributed by atoms with E-state index in [1.807, 2.05) is 0 Å². The van der Waals surface area contributed by atoms with E-state index in [1.54, 1.807) is 37.7 Å². The third kappa shape index (κ3) is 3.33. The van der Waals surface area contributed by atoms with Crippen LogP contribution in [-0.4, -0.2) is 34.7 Å². The minimum Gasteiger partial charge on any atom is -0.387 e. The molecule has 2 rings (SSSR count). The average molecular weight is 297 g/mol. The lowest BCUT2D eigenvalue weighted by molar-refractivity contribution is -0.126. The number of benzene rings is 1. The molecule has 1 aromatic carbocycles. The van der Waals surface area contributed by atoms with Gasteiger partial charge in [-0.15, -0.1) is 0 Å². The molecule has 0 radical (unpaired) electrons. The maximum atomic E-state index is 13.3. The average Bonchev–Trinajstić information content (AvgIpc) is 2.83. The highest BCUT2D eigenvalue weighted by Crippen LogP contribution is 2.28. The fourth-order valence-corrected chi connectivity index (χ4v) is 3.50. The van der Waals surface area contributed by atoms with Gasteiger partial charge < -0.3 is 10.4 Å². The molecule has 0 spiro atoms. The van der Waals surface area contributed by atoms with E-state index in [-0.39, 0.29) is 18.3 Å². The molecule has 1 fully saturated rings. The first kappa shape index (κ1) is 15.3. The Bertz CT molecular complexity index is 498. The SMILES string of the molecule is CC(C)(C(=O)NC[C@]1(O)CCSC1)c1cccc(F)c1. The Labute approximate surface area is 123 Å². The molecular weight excluding hydrogens is 277 g/mol. The maximum Gasteiger partial charge on any atom is 0.230 e. The lowest BCUT2D eigenvalue weighted by atomic mass is 9.83. The molecule has 3 nitrogen and oxygen atoms in total. The second-order valence-corrected chi connectivity index (χ2v) is 6.95. The van der Waals surface area contributed by atoms with E-state index in [2.05, 4.69) is 5.32 Å². The molecule has 1 atom stereocenters. The zero-order valence-corrected chi connectivity index (χ0v) is 12.6. The van der Waals surface area contributed by atoms with Gasteiger partial charge in [-0.25, -0.2) is 4.39 Å². The smallest absolute Gasteiger partial charge is 0.230 e. The molecule has 0 saturated carbocycles. The van der Waals surface area contributed by atoms with Gasteiger partial charge in [-0.1, -0.05) is 12.1 Å². The Morgan fingerprint density at radius 2 is 2.30 bits per heavy atom. The summed E-state index contributed by atoms with van der Waals surface area (Å²) in [6.07, 6.45) is 0.693. The molecule has 0 aliphatic carbocycles. The Kier molecular flexibility index (Phi) is 4.39. The van der Waals surface area contributed by atoms with E-state index in [0.29, 0.717) is 17.7 Å². The lowest BCUT2D eigenvalue weighted by Gasteiger charge is -2.28. The van der Waals surface area contributed by atoms with E-state index < -0.39 is 11.0 Å². The van der Waals surface area contributed by atoms with E-state index >= 15 is 0 Å². The molecule has 1 aliphatic heterocycles. The third-order valence-electron chi connectivity index (χ3n) is 3.77. The summed E-state index contributed by atoms with van der Waals surface area (Å²) in [6, 6.07) is 6.07. The summed E-state index contributed by atoms with van der Waals surface area (Å²) in [5.74, 6) is 1.01. The van der Waals surface area contributed by atoms with Crippen LogP contribution in [0.4, 0.5) is 4.39 Å². The molecule has 1 amide bonds. The van der Waals surface area contributed by atoms with Gasteiger partial charge in [0.05, 0.1) is 11.0 Å². The van der Waals surface area contributed by atoms with E-state index in [1.165, 1.54) is 12.1 Å². The van der Waals surface area contributed by atoms with Crippen molar-refractivity contribution in [3.63, 3.8) is 0 Å². The molecule has 5 heteroatoms. The zero-order chi connectivity index (χ0) is 14.8. The fourth-order valence-electron chi connectivity index (χ4n) is 2.21. The van der Waals surface area contributed by atoms with E-state index in [9.17, 15) is 14.3 Å². The lowest BCUT2D eigenvalue weighted by Crippen LogP contribution is -2.48. The van der Waals surface area contributed by atoms with E-state index in [4.69, 9.17) is 0 Å². The van der Waals surface area contributed by atoms with Crippen LogP contribution in [0.5, 0.6) is 0 Å². The molecule has 0 bridgehead atoms. The van der Waals surface area contributed by atoms with Crippen molar-refractivity contribution in [1.82, 2.24) is 5.32 Å². The van der Waals surface area contributed by atoms with Crippen molar-refractivity contribution in [1.29, 1.82) is 0 Å². The largest absolute Gasteiger partial charge is 0.387 e. The van der Waals surface area contributed by atoms with Crippen LogP contribution in [0.25, 0.3) is 0 Å². The quantitative estimate of drug-likeness (QED) is 0.894. The van der Waals surface area contributed by atoms with Gasteiger partial charge in [0.1, 0.15) is 5.82 Å². The van der Waals surface area contributed by atoms with Crippen molar-refractivity contribution in [3.8, 4) is 0 Å². The van der Waals surface area contributed by atoms with Crippen LogP contribution in [-0.2, 0) is 10.2 Å². The molecule has 20 heavy (non-hydrogen) atoms. The van der Waals surface area contributed by atoms with Crippen LogP contribution in [0.15, 0.2) is 24.3 Å². The number of hydrogen-bond donors (Lipinski definition) is 2. The van der Waals surface area contributed by atoms with Gasteiger partial charge in [0, 0.05) is 12.3 Å². The van der Waals surface area contributed by atoms with Crippen molar-refractivity contribution in [2.45, 2.75) is 31.3 Å². The minimum absolute atomic E-state index is 0.201. The van der Waals surface area contributed by atoms with Crippen molar-refractivity contribution in [3.05, 3.63) is 35.6 Å². The summed E-state index contributed by atoms with van der Waals surface area (Å²) < 4.78 is 13.3. The number of hydrogen-bond acceptors (Lipinski definition) is 3. The summed E-state index contributed by atoms with van der Waals surface area (Å²) in [6.45, 7) is 3.76. The Hall–Kier alpha value is -1.07. The number of halogens is 1. The molecule has 1 aromatic rings. The molecule has 0 unspecified atom stereocenters. The van der Waals surface area contributed by atoms with Crippen LogP contribution in [0.2, 0.25) is 0 Å². The summed E-state index contributed by atoms with van der Waals surface area (Å²) in [4.78, 5) is 12.3. The van der Waals surface area contributed by atoms with Crippen LogP contribution in [0.3, 0.4) is 0 Å². The Morgan fingerprint density at radius 1 is 1.55 bits per heavy atom. The Balaban J connectivity index is 2.03. The molecule has 0 aromatic heterocycles. The van der Waals surface area contributed by atoms with Crippen LogP contribution < -0.4 is 5.32 Å². The molecule has 110 valence electrons. The molecule has 1 saturated heterocycles. The molecule has 2 N–H and O–H groups in total. The standard InChI is InChI=1S/C15H20FNO2S/c1-14(2,11-4-3-5-12(16)8-11)13(18)17-9-15(19)6-7-20-10-15/h3-5,8,19H,6-7,9-10H2,1-2H3,(H,17,18)/t15-/m1/s1. The van der Waals surface area contributed by atoms with Crippen molar-refractivity contribution in [2.24, 2.45) is 0 Å². The first-order valence-electron chi connectivity index (χ1n) is 6.68. The van der Waals surface area contributed by atoms with Gasteiger partial charge in [0.15, 0.2) is 0 Å². The number of amides is 1. The van der Waals surface area contributed by atoms with E-state index in [0.717, 1.165) is 5.75 Å². The monoisotopic (exact) mass is 297 g/mol. The van der Waals surface area contributed by atoms with Crippen molar-refractivity contribution in [2.75, 3.05) is 18.1 Å². The van der Waals surface area contributed by atoms with Gasteiger partial charge in [-0.2, -0.15) is 11.8 Å². The highest BCUT2D eigenvalue weighted by Gasteiger charge is 2.35. The first-order chi connectivity index (χ1) is 9.33. The number of nitrogens with one attached hydrogen (secondary N) is 1. The number of carbonyl (C=O) groups excluding carboxylic acids is 1. The normalized spacial score (nSPS) is 22.8. The van der Waals surface area contributed by atoms with Crippen molar-refractivity contribution < 1.29 is 14.3 Å². The van der Waals surface area contributed by atoms with Crippen molar-refractivity contribution >= 4 is 17.7 Å². The molecule has 1 heterocycles. The number of aliphatic hydroxyl groups is 1. The first-order valence-corrected chi connectivity index (χ1v) is 7.83. The number of thioether (sulfide) groups is 1. The van der Waals surface area contributed by atoms with Crippen LogP contribution in [0, 0.1) is 5.82 Å². The second kappa shape index (κ2) is 5.74. The number of rotatable bonds is 4. The highest BCUT2D eigenvalue weighted by molar-refractivity contribution is 7.99. The Morgan fingerprint density at radius 3 is 2.90 bits per heavy atom. The molecular formula is C15H20FNO2S. The second-order valence-electron chi connectivity index (χ2n) is 5.84. The predicted octanol–water partition coefficient (Wildman–Crippen LogP) is 2.09. The summed E-state index contributed by atoms with van der Waals surface area (Å²) in [5.41, 5.74) is -1.01. The van der Waals surface area contributed by atoms with Crippen LogP contribution >= 0.6 is 11.8 Å². The topological polar surface area (TPSA) is 49.3 Å². The highest BCUT2D eigenvalue weighted by atomic mass is 32.2. The summed E-state index contributed by atoms with van der Waals surface area (Å²) in [5, 5.41) is 13.0. The maximum absolute atomic E-state index is 13.3. The van der Waals surface area contributed by atoms with Gasteiger partial charge in [0.2, 0.25) is 5.91 Å². The van der Waals surface area contributed by atoms with Gasteiger partial charge in [0.25, 0.3) is 0 Å². The van der Waals surface area contributed by atoms with Gasteiger partial charge in [-0.05, 0) is 43.7 Å². The fraction of sp³-hybridized carbons (Fsp3) is 0.533. The van der Waals surface area contributed by atoms with Crippen LogP contribution in [0.1, 0.15) is 25.8 Å². The summed E-state index contributed by atoms with van der Waals surface area (Å²) in [7, 11) is 0. The van der Waals surface area contributed by atoms with Gasteiger partial charge in [-0.3, -0.25) is 4.79 Å². The summed E-state index contributed by atoms with van der Waals surface area (Å²) >= 11 is 1.69. The minimum atomic E-state index is -0.829. The predicted molar refractivity (Wildman–Crippen MR) is 79.3 cm³/mol. The zero-order valence-electron chi connectivity index (χ0n) is 11.8. The number of carbonyl (C=O) groups is 1. The van der Waals surface area contributed by atoms with Gasteiger partial charge >= 0.3 is 0 Å².